The molecule has 5 nitrogen and oxygen atoms in total. The SMILES string of the molecule is Cn1c(-c2ccccc2)c(C(=O)CN2CCN(c3ccccn3)CC2)c2ccccc21. The highest BCUT2D eigenvalue weighted by molar-refractivity contribution is 6.14. The van der Waals surface area contributed by atoms with Crippen molar-refractivity contribution in [3.05, 3.63) is 84.6 Å². The number of hydrogen-bond donors (Lipinski definition) is 0. The number of aromatic nitrogens is 2. The maximum atomic E-state index is 13.6. The molecule has 0 aliphatic carbocycles. The van der Waals surface area contributed by atoms with Gasteiger partial charge in [-0.1, -0.05) is 54.6 Å². The minimum absolute atomic E-state index is 0.182. The summed E-state index contributed by atoms with van der Waals surface area (Å²) in [5.41, 5.74) is 3.99. The Bertz CT molecular complexity index is 1190. The lowest BCUT2D eigenvalue weighted by Gasteiger charge is -2.35. The molecule has 0 atom stereocenters. The summed E-state index contributed by atoms with van der Waals surface area (Å²) in [7, 11) is 2.05. The molecule has 0 radical (unpaired) electrons. The third-order valence-corrected chi connectivity index (χ3v) is 6.15. The van der Waals surface area contributed by atoms with E-state index >= 15 is 0 Å². The van der Waals surface area contributed by atoms with Crippen LogP contribution in [0.25, 0.3) is 22.2 Å². The number of pyridine rings is 1. The Labute approximate surface area is 182 Å². The average Bonchev–Trinajstić information content (AvgIpc) is 3.13. The number of ketones is 1. The molecule has 0 bridgehead atoms. The van der Waals surface area contributed by atoms with Gasteiger partial charge < -0.3 is 9.47 Å². The topological polar surface area (TPSA) is 41.4 Å². The second kappa shape index (κ2) is 8.36. The van der Waals surface area contributed by atoms with Gasteiger partial charge in [-0.3, -0.25) is 9.69 Å². The number of benzene rings is 2. The maximum Gasteiger partial charge on any atom is 0.179 e. The number of Topliss-reactive ketones (excluding diaryl/α,β-unsaturated/α-hetero) is 1. The number of para-hydroxylation sites is 1. The predicted molar refractivity (Wildman–Crippen MR) is 126 cm³/mol. The lowest BCUT2D eigenvalue weighted by molar-refractivity contribution is 0.0928. The third-order valence-electron chi connectivity index (χ3n) is 6.15. The molecule has 1 aliphatic rings. The van der Waals surface area contributed by atoms with Crippen molar-refractivity contribution in [3.8, 4) is 11.3 Å². The summed E-state index contributed by atoms with van der Waals surface area (Å²) >= 11 is 0. The largest absolute Gasteiger partial charge is 0.354 e. The van der Waals surface area contributed by atoms with Gasteiger partial charge in [-0.2, -0.15) is 0 Å². The summed E-state index contributed by atoms with van der Waals surface area (Å²) in [4.78, 5) is 22.6. The summed E-state index contributed by atoms with van der Waals surface area (Å²) in [5.74, 6) is 1.19. The molecule has 2 aromatic heterocycles. The molecule has 156 valence electrons. The molecule has 5 heteroatoms. The zero-order chi connectivity index (χ0) is 21.2. The van der Waals surface area contributed by atoms with Crippen molar-refractivity contribution in [2.45, 2.75) is 0 Å². The predicted octanol–water partition coefficient (Wildman–Crippen LogP) is 4.25. The van der Waals surface area contributed by atoms with Gasteiger partial charge in [0.15, 0.2) is 5.78 Å². The Hall–Kier alpha value is -3.44. The van der Waals surface area contributed by atoms with E-state index in [-0.39, 0.29) is 5.78 Å². The van der Waals surface area contributed by atoms with Crippen LogP contribution in [0.5, 0.6) is 0 Å². The van der Waals surface area contributed by atoms with Crippen LogP contribution in [0.3, 0.4) is 0 Å². The number of anilines is 1. The lowest BCUT2D eigenvalue weighted by Crippen LogP contribution is -2.48. The number of piperazine rings is 1. The standard InChI is InChI=1S/C26H26N4O/c1-28-22-12-6-5-11-21(22)25(26(28)20-9-3-2-4-10-20)23(31)19-29-15-17-30(18-16-29)24-13-7-8-14-27-24/h2-14H,15-19H2,1H3. The zero-order valence-corrected chi connectivity index (χ0v) is 17.7. The smallest absolute Gasteiger partial charge is 0.179 e. The van der Waals surface area contributed by atoms with Crippen molar-refractivity contribution in [2.24, 2.45) is 7.05 Å². The first-order chi connectivity index (χ1) is 15.2. The van der Waals surface area contributed by atoms with Crippen molar-refractivity contribution >= 4 is 22.5 Å². The van der Waals surface area contributed by atoms with Crippen LogP contribution in [0.2, 0.25) is 0 Å². The quantitative estimate of drug-likeness (QED) is 0.462. The molecule has 4 aromatic rings. The van der Waals surface area contributed by atoms with Crippen molar-refractivity contribution < 1.29 is 4.79 Å². The van der Waals surface area contributed by atoms with Crippen LogP contribution in [-0.2, 0) is 7.05 Å². The Kier molecular flexibility index (Phi) is 5.26. The summed E-state index contributed by atoms with van der Waals surface area (Å²) < 4.78 is 2.15. The minimum atomic E-state index is 0.182. The van der Waals surface area contributed by atoms with Gasteiger partial charge in [0.25, 0.3) is 0 Å². The second-order valence-electron chi connectivity index (χ2n) is 8.04. The van der Waals surface area contributed by atoms with Gasteiger partial charge >= 0.3 is 0 Å². The van der Waals surface area contributed by atoms with E-state index in [9.17, 15) is 4.79 Å². The molecule has 0 saturated carbocycles. The lowest BCUT2D eigenvalue weighted by atomic mass is 10.0. The number of nitrogens with zero attached hydrogens (tertiary/aromatic N) is 4. The Morgan fingerprint density at radius 2 is 1.58 bits per heavy atom. The van der Waals surface area contributed by atoms with Crippen LogP contribution >= 0.6 is 0 Å². The summed E-state index contributed by atoms with van der Waals surface area (Å²) in [5, 5.41) is 1.03. The van der Waals surface area contributed by atoms with E-state index in [1.807, 2.05) is 61.8 Å². The van der Waals surface area contributed by atoms with E-state index in [2.05, 4.69) is 43.6 Å². The summed E-state index contributed by atoms with van der Waals surface area (Å²) in [6.45, 7) is 3.90. The van der Waals surface area contributed by atoms with E-state index < -0.39 is 0 Å². The number of carbonyl (C=O) groups excluding carboxylic acids is 1. The van der Waals surface area contributed by atoms with Crippen LogP contribution in [0.1, 0.15) is 10.4 Å². The summed E-state index contributed by atoms with van der Waals surface area (Å²) in [6.07, 6.45) is 1.83. The molecular weight excluding hydrogens is 384 g/mol. The van der Waals surface area contributed by atoms with Gasteiger partial charge in [-0.05, 0) is 23.8 Å². The molecule has 1 saturated heterocycles. The van der Waals surface area contributed by atoms with Crippen LogP contribution in [0.15, 0.2) is 79.0 Å². The molecule has 5 rings (SSSR count). The normalized spacial score (nSPS) is 14.8. The van der Waals surface area contributed by atoms with Gasteiger partial charge in [0.1, 0.15) is 5.82 Å². The van der Waals surface area contributed by atoms with E-state index in [1.54, 1.807) is 0 Å². The number of fused-ring (bicyclic) bond motifs is 1. The number of hydrogen-bond acceptors (Lipinski definition) is 4. The first-order valence-electron chi connectivity index (χ1n) is 10.8. The van der Waals surface area contributed by atoms with Gasteiger partial charge in [-0.15, -0.1) is 0 Å². The highest BCUT2D eigenvalue weighted by atomic mass is 16.1. The van der Waals surface area contributed by atoms with Crippen LogP contribution in [-0.4, -0.2) is 53.0 Å². The fraction of sp³-hybridized carbons (Fsp3) is 0.231. The third kappa shape index (κ3) is 3.73. The molecule has 0 unspecified atom stereocenters. The van der Waals surface area contributed by atoms with E-state index in [0.717, 1.165) is 59.7 Å². The van der Waals surface area contributed by atoms with Crippen molar-refractivity contribution in [1.29, 1.82) is 0 Å². The van der Waals surface area contributed by atoms with Gasteiger partial charge in [0.2, 0.25) is 0 Å². The zero-order valence-electron chi connectivity index (χ0n) is 17.7. The van der Waals surface area contributed by atoms with Crippen LogP contribution < -0.4 is 4.90 Å². The van der Waals surface area contributed by atoms with Crippen LogP contribution in [0, 0.1) is 0 Å². The first kappa shape index (κ1) is 19.5. The Morgan fingerprint density at radius 1 is 0.871 bits per heavy atom. The molecule has 0 N–H and O–H groups in total. The monoisotopic (exact) mass is 410 g/mol. The van der Waals surface area contributed by atoms with Gasteiger partial charge in [0, 0.05) is 50.3 Å². The van der Waals surface area contributed by atoms with E-state index in [4.69, 9.17) is 0 Å². The fourth-order valence-corrected chi connectivity index (χ4v) is 4.57. The molecule has 0 amide bonds. The average molecular weight is 411 g/mol. The van der Waals surface area contributed by atoms with E-state index in [1.165, 1.54) is 0 Å². The molecule has 31 heavy (non-hydrogen) atoms. The molecule has 0 spiro atoms. The van der Waals surface area contributed by atoms with Crippen LogP contribution in [0.4, 0.5) is 5.82 Å². The highest BCUT2D eigenvalue weighted by Gasteiger charge is 2.25. The van der Waals surface area contributed by atoms with Gasteiger partial charge in [-0.25, -0.2) is 4.98 Å². The number of rotatable bonds is 5. The molecule has 3 heterocycles. The first-order valence-corrected chi connectivity index (χ1v) is 10.8. The number of carbonyl (C=O) groups is 1. The molecule has 1 aliphatic heterocycles. The summed E-state index contributed by atoms with van der Waals surface area (Å²) in [6, 6.07) is 24.4. The van der Waals surface area contributed by atoms with Crippen molar-refractivity contribution in [2.75, 3.05) is 37.6 Å². The second-order valence-corrected chi connectivity index (χ2v) is 8.04. The highest BCUT2D eigenvalue weighted by Crippen LogP contribution is 2.33. The van der Waals surface area contributed by atoms with Crippen molar-refractivity contribution in [3.63, 3.8) is 0 Å². The van der Waals surface area contributed by atoms with E-state index in [0.29, 0.717) is 6.54 Å². The molecule has 2 aromatic carbocycles. The fourth-order valence-electron chi connectivity index (χ4n) is 4.57. The van der Waals surface area contributed by atoms with Crippen molar-refractivity contribution in [1.82, 2.24) is 14.5 Å². The van der Waals surface area contributed by atoms with Gasteiger partial charge in [0.05, 0.1) is 17.8 Å². The minimum Gasteiger partial charge on any atom is -0.354 e. The maximum absolute atomic E-state index is 13.6. The number of aryl methyl sites for hydroxylation is 1. The Morgan fingerprint density at radius 3 is 2.32 bits per heavy atom. The Balaban J connectivity index is 1.41. The molecule has 1 fully saturated rings. The molecular formula is C26H26N4O.